The Morgan fingerprint density at radius 3 is 2.15 bits per heavy atom. The topological polar surface area (TPSA) is 57.7 Å². The maximum absolute atomic E-state index is 13.7. The molecule has 0 saturated carbocycles. The quantitative estimate of drug-likeness (QED) is 0.747. The van der Waals surface area contributed by atoms with Crippen molar-refractivity contribution in [3.63, 3.8) is 0 Å². The lowest BCUT2D eigenvalue weighted by molar-refractivity contribution is -0.131. The van der Waals surface area contributed by atoms with Crippen molar-refractivity contribution in [2.75, 3.05) is 26.2 Å². The molecular formula is C18H17Cl2FN2O3S. The van der Waals surface area contributed by atoms with Crippen LogP contribution in [0.3, 0.4) is 0 Å². The summed E-state index contributed by atoms with van der Waals surface area (Å²) in [7, 11) is -3.87. The Hall–Kier alpha value is -1.67. The van der Waals surface area contributed by atoms with Crippen LogP contribution in [0.5, 0.6) is 0 Å². The summed E-state index contributed by atoms with van der Waals surface area (Å²) in [5.74, 6) is -0.673. The number of hydrogen-bond acceptors (Lipinski definition) is 3. The van der Waals surface area contributed by atoms with E-state index in [0.29, 0.717) is 5.56 Å². The lowest BCUT2D eigenvalue weighted by atomic mass is 10.1. The third-order valence-electron chi connectivity index (χ3n) is 4.41. The number of hydrogen-bond donors (Lipinski definition) is 0. The summed E-state index contributed by atoms with van der Waals surface area (Å²) in [6.45, 7) is 0.670. The average molecular weight is 431 g/mol. The predicted octanol–water partition coefficient (Wildman–Crippen LogP) is 3.21. The van der Waals surface area contributed by atoms with Gasteiger partial charge in [-0.25, -0.2) is 12.8 Å². The van der Waals surface area contributed by atoms with Gasteiger partial charge in [-0.2, -0.15) is 4.31 Å². The number of carbonyl (C=O) groups excluding carboxylic acids is 1. The Morgan fingerprint density at radius 2 is 1.56 bits per heavy atom. The normalized spacial score (nSPS) is 15.7. The number of carbonyl (C=O) groups is 1. The molecule has 2 aromatic carbocycles. The molecule has 27 heavy (non-hydrogen) atoms. The molecule has 1 aliphatic heterocycles. The highest BCUT2D eigenvalue weighted by atomic mass is 35.5. The van der Waals surface area contributed by atoms with Crippen LogP contribution in [-0.4, -0.2) is 49.7 Å². The van der Waals surface area contributed by atoms with Gasteiger partial charge in [0.15, 0.2) is 0 Å². The SMILES string of the molecule is O=C(Cc1ccccc1F)N1CCN(S(=O)(=O)c2c(Cl)cccc2Cl)CC1. The van der Waals surface area contributed by atoms with Crippen LogP contribution in [-0.2, 0) is 21.2 Å². The summed E-state index contributed by atoms with van der Waals surface area (Å²) < 4.78 is 40.7. The van der Waals surface area contributed by atoms with E-state index in [1.807, 2.05) is 0 Å². The highest BCUT2D eigenvalue weighted by molar-refractivity contribution is 7.89. The van der Waals surface area contributed by atoms with E-state index in [1.54, 1.807) is 24.3 Å². The second-order valence-electron chi connectivity index (χ2n) is 6.10. The maximum Gasteiger partial charge on any atom is 0.246 e. The molecule has 0 spiro atoms. The molecule has 2 aromatic rings. The molecule has 0 atom stereocenters. The van der Waals surface area contributed by atoms with Crippen LogP contribution in [0, 0.1) is 5.82 Å². The molecule has 1 amide bonds. The van der Waals surface area contributed by atoms with Crippen LogP contribution < -0.4 is 0 Å². The van der Waals surface area contributed by atoms with Gasteiger partial charge in [-0.1, -0.05) is 47.5 Å². The van der Waals surface area contributed by atoms with Crippen LogP contribution in [0.4, 0.5) is 4.39 Å². The fraction of sp³-hybridized carbons (Fsp3) is 0.278. The predicted molar refractivity (Wildman–Crippen MR) is 102 cm³/mol. The molecule has 5 nitrogen and oxygen atoms in total. The van der Waals surface area contributed by atoms with Crippen LogP contribution in [0.1, 0.15) is 5.56 Å². The number of halogens is 3. The van der Waals surface area contributed by atoms with Gasteiger partial charge in [0.05, 0.1) is 16.5 Å². The van der Waals surface area contributed by atoms with Crippen molar-refractivity contribution in [3.8, 4) is 0 Å². The summed E-state index contributed by atoms with van der Waals surface area (Å²) in [6.07, 6.45) is -0.0598. The van der Waals surface area contributed by atoms with Gasteiger partial charge in [0.25, 0.3) is 0 Å². The summed E-state index contributed by atoms with van der Waals surface area (Å²) in [5, 5.41) is 0.112. The zero-order chi connectivity index (χ0) is 19.6. The van der Waals surface area contributed by atoms with Gasteiger partial charge in [-0.15, -0.1) is 0 Å². The van der Waals surface area contributed by atoms with Gasteiger partial charge < -0.3 is 4.90 Å². The average Bonchev–Trinajstić information content (AvgIpc) is 2.63. The van der Waals surface area contributed by atoms with Gasteiger partial charge in [-0.3, -0.25) is 4.79 Å². The van der Waals surface area contributed by atoms with Gasteiger partial charge in [0, 0.05) is 26.2 Å². The van der Waals surface area contributed by atoms with Crippen molar-refractivity contribution < 1.29 is 17.6 Å². The highest BCUT2D eigenvalue weighted by Gasteiger charge is 2.33. The molecule has 0 radical (unpaired) electrons. The third-order valence-corrected chi connectivity index (χ3v) is 7.26. The molecule has 0 N–H and O–H groups in total. The third kappa shape index (κ3) is 4.27. The van der Waals surface area contributed by atoms with Crippen molar-refractivity contribution in [2.24, 2.45) is 0 Å². The van der Waals surface area contributed by atoms with Crippen LogP contribution in [0.25, 0.3) is 0 Å². The van der Waals surface area contributed by atoms with Crippen LogP contribution in [0.2, 0.25) is 10.0 Å². The Morgan fingerprint density at radius 1 is 0.963 bits per heavy atom. The van der Waals surface area contributed by atoms with E-state index in [9.17, 15) is 17.6 Å². The van der Waals surface area contributed by atoms with E-state index >= 15 is 0 Å². The standard InChI is InChI=1S/C18H17Cl2FN2O3S/c19-14-5-3-6-15(20)18(14)27(25,26)23-10-8-22(9-11-23)17(24)12-13-4-1-2-7-16(13)21/h1-7H,8-12H2. The van der Waals surface area contributed by atoms with Gasteiger partial charge in [0.2, 0.25) is 15.9 Å². The van der Waals surface area contributed by atoms with E-state index in [-0.39, 0.29) is 53.4 Å². The van der Waals surface area contributed by atoms with Gasteiger partial charge in [0.1, 0.15) is 10.7 Å². The molecule has 1 aliphatic rings. The molecule has 0 aromatic heterocycles. The molecule has 3 rings (SSSR count). The van der Waals surface area contributed by atoms with Gasteiger partial charge >= 0.3 is 0 Å². The Bertz CT molecular complexity index is 941. The number of amides is 1. The number of rotatable bonds is 4. The summed E-state index contributed by atoms with van der Waals surface area (Å²) in [4.78, 5) is 13.8. The zero-order valence-corrected chi connectivity index (χ0v) is 16.6. The molecular weight excluding hydrogens is 414 g/mol. The smallest absolute Gasteiger partial charge is 0.246 e. The number of piperazine rings is 1. The molecule has 0 aliphatic carbocycles. The van der Waals surface area contributed by atoms with E-state index in [2.05, 4.69) is 0 Å². The lowest BCUT2D eigenvalue weighted by Crippen LogP contribution is -2.51. The first kappa shape index (κ1) is 20.1. The second-order valence-corrected chi connectivity index (χ2v) is 8.79. The first-order valence-electron chi connectivity index (χ1n) is 8.26. The zero-order valence-electron chi connectivity index (χ0n) is 14.2. The monoisotopic (exact) mass is 430 g/mol. The summed E-state index contributed by atoms with van der Waals surface area (Å²) >= 11 is 12.1. The van der Waals surface area contributed by atoms with Crippen molar-refractivity contribution in [2.45, 2.75) is 11.3 Å². The lowest BCUT2D eigenvalue weighted by Gasteiger charge is -2.34. The number of sulfonamides is 1. The van der Waals surface area contributed by atoms with E-state index in [1.165, 1.54) is 27.4 Å². The van der Waals surface area contributed by atoms with E-state index in [0.717, 1.165) is 0 Å². The summed E-state index contributed by atoms with van der Waals surface area (Å²) in [5.41, 5.74) is 0.320. The molecule has 1 saturated heterocycles. The molecule has 1 fully saturated rings. The van der Waals surface area contributed by atoms with Crippen LogP contribution >= 0.6 is 23.2 Å². The largest absolute Gasteiger partial charge is 0.340 e. The van der Waals surface area contributed by atoms with Crippen LogP contribution in [0.15, 0.2) is 47.4 Å². The van der Waals surface area contributed by atoms with Crippen molar-refractivity contribution >= 4 is 39.1 Å². The van der Waals surface area contributed by atoms with Crippen molar-refractivity contribution in [1.29, 1.82) is 0 Å². The van der Waals surface area contributed by atoms with E-state index < -0.39 is 15.8 Å². The van der Waals surface area contributed by atoms with E-state index in [4.69, 9.17) is 23.2 Å². The first-order valence-corrected chi connectivity index (χ1v) is 10.5. The minimum atomic E-state index is -3.87. The molecule has 1 heterocycles. The maximum atomic E-state index is 13.7. The fourth-order valence-corrected chi connectivity index (χ4v) is 5.47. The Kier molecular flexibility index (Phi) is 6.05. The molecule has 9 heteroatoms. The minimum Gasteiger partial charge on any atom is -0.340 e. The Balaban J connectivity index is 1.68. The first-order chi connectivity index (χ1) is 12.8. The highest BCUT2D eigenvalue weighted by Crippen LogP contribution is 2.31. The minimum absolute atomic E-state index is 0.0561. The fourth-order valence-electron chi connectivity index (χ4n) is 2.95. The Labute approximate surface area is 167 Å². The summed E-state index contributed by atoms with van der Waals surface area (Å²) in [6, 6.07) is 10.6. The van der Waals surface area contributed by atoms with Crippen molar-refractivity contribution in [3.05, 3.63) is 63.9 Å². The van der Waals surface area contributed by atoms with Gasteiger partial charge in [-0.05, 0) is 23.8 Å². The number of nitrogens with zero attached hydrogens (tertiary/aromatic N) is 2. The molecule has 0 unspecified atom stereocenters. The molecule has 0 bridgehead atoms. The van der Waals surface area contributed by atoms with Crippen molar-refractivity contribution in [1.82, 2.24) is 9.21 Å². The molecule has 144 valence electrons. The number of benzene rings is 2. The second kappa shape index (κ2) is 8.14.